The Morgan fingerprint density at radius 2 is 1.62 bits per heavy atom. The number of nitrogens with zero attached hydrogens (tertiary/aromatic N) is 1. The van der Waals surface area contributed by atoms with Gasteiger partial charge in [-0.1, -0.05) is 6.08 Å². The molecule has 0 spiro atoms. The second-order valence-electron chi connectivity index (χ2n) is 7.48. The highest BCUT2D eigenvalue weighted by molar-refractivity contribution is 6.04. The molecular weight excluding hydrogens is 440 g/mol. The van der Waals surface area contributed by atoms with Gasteiger partial charge in [-0.05, 0) is 24.3 Å². The number of methoxy groups -OCH3 is 3. The van der Waals surface area contributed by atoms with Gasteiger partial charge < -0.3 is 35.1 Å². The molecule has 10 nitrogen and oxygen atoms in total. The van der Waals surface area contributed by atoms with E-state index < -0.39 is 5.92 Å². The Bertz CT molecular complexity index is 1040. The number of rotatable bonds is 9. The maximum atomic E-state index is 12.8. The van der Waals surface area contributed by atoms with Gasteiger partial charge in [0.1, 0.15) is 0 Å². The number of nitrogens with one attached hydrogen (secondary N) is 3. The normalized spacial score (nSPS) is 14.9. The van der Waals surface area contributed by atoms with Crippen LogP contribution in [0.4, 0.5) is 21.9 Å². The van der Waals surface area contributed by atoms with Crippen LogP contribution in [0.2, 0.25) is 0 Å². The van der Waals surface area contributed by atoms with Gasteiger partial charge in [0.05, 0.1) is 32.9 Å². The third-order valence-corrected chi connectivity index (χ3v) is 5.27. The van der Waals surface area contributed by atoms with Crippen molar-refractivity contribution in [2.75, 3.05) is 50.0 Å². The second kappa shape index (κ2) is 11.1. The molecule has 1 fully saturated rings. The summed E-state index contributed by atoms with van der Waals surface area (Å²) in [4.78, 5) is 38.8. The molecule has 1 unspecified atom stereocenters. The van der Waals surface area contributed by atoms with Gasteiger partial charge >= 0.3 is 6.03 Å². The average Bonchev–Trinajstić information content (AvgIpc) is 3.24. The topological polar surface area (TPSA) is 118 Å². The molecule has 2 aromatic rings. The number of amides is 4. The van der Waals surface area contributed by atoms with Crippen LogP contribution in [-0.2, 0) is 9.59 Å². The minimum absolute atomic E-state index is 0.0750. The highest BCUT2D eigenvalue weighted by atomic mass is 16.5. The molecule has 1 aliphatic heterocycles. The molecule has 3 rings (SSSR count). The monoisotopic (exact) mass is 468 g/mol. The van der Waals surface area contributed by atoms with Gasteiger partial charge in [0.15, 0.2) is 11.5 Å². The molecule has 0 saturated carbocycles. The summed E-state index contributed by atoms with van der Waals surface area (Å²) in [5.74, 6) is 0.279. The molecule has 1 heterocycles. The van der Waals surface area contributed by atoms with E-state index in [1.807, 2.05) is 0 Å². The first kappa shape index (κ1) is 24.4. The van der Waals surface area contributed by atoms with E-state index in [1.165, 1.54) is 26.2 Å². The van der Waals surface area contributed by atoms with Crippen LogP contribution >= 0.6 is 0 Å². The largest absolute Gasteiger partial charge is 0.493 e. The van der Waals surface area contributed by atoms with E-state index in [2.05, 4.69) is 22.5 Å². The molecule has 0 bridgehead atoms. The first-order chi connectivity index (χ1) is 16.4. The Kier molecular flexibility index (Phi) is 7.96. The molecule has 2 aromatic carbocycles. The van der Waals surface area contributed by atoms with Crippen molar-refractivity contribution >= 4 is 34.9 Å². The summed E-state index contributed by atoms with van der Waals surface area (Å²) in [6.45, 7) is 4.11. The van der Waals surface area contributed by atoms with Gasteiger partial charge in [-0.2, -0.15) is 0 Å². The zero-order chi connectivity index (χ0) is 24.7. The van der Waals surface area contributed by atoms with Gasteiger partial charge in [0.25, 0.3) is 0 Å². The number of hydrogen-bond donors (Lipinski definition) is 3. The van der Waals surface area contributed by atoms with E-state index >= 15 is 0 Å². The summed E-state index contributed by atoms with van der Waals surface area (Å²) in [5, 5.41) is 8.11. The van der Waals surface area contributed by atoms with Crippen LogP contribution in [-0.4, -0.2) is 52.3 Å². The van der Waals surface area contributed by atoms with Crippen LogP contribution in [0.1, 0.15) is 6.42 Å². The third-order valence-electron chi connectivity index (χ3n) is 5.27. The number of ether oxygens (including phenoxy) is 3. The molecule has 10 heteroatoms. The number of urea groups is 1. The lowest BCUT2D eigenvalue weighted by Crippen LogP contribution is -2.28. The van der Waals surface area contributed by atoms with Crippen molar-refractivity contribution < 1.29 is 28.6 Å². The summed E-state index contributed by atoms with van der Waals surface area (Å²) in [5.41, 5.74) is 1.69. The van der Waals surface area contributed by atoms with Crippen LogP contribution in [0.25, 0.3) is 0 Å². The van der Waals surface area contributed by atoms with Crippen molar-refractivity contribution in [2.45, 2.75) is 6.42 Å². The van der Waals surface area contributed by atoms with Crippen LogP contribution in [0.5, 0.6) is 17.2 Å². The highest BCUT2D eigenvalue weighted by Crippen LogP contribution is 2.42. The van der Waals surface area contributed by atoms with Crippen LogP contribution in [0.15, 0.2) is 49.1 Å². The Morgan fingerprint density at radius 1 is 1.03 bits per heavy atom. The predicted octanol–water partition coefficient (Wildman–Crippen LogP) is 3.01. The zero-order valence-corrected chi connectivity index (χ0v) is 19.3. The van der Waals surface area contributed by atoms with Crippen molar-refractivity contribution in [2.24, 2.45) is 5.92 Å². The zero-order valence-electron chi connectivity index (χ0n) is 19.3. The van der Waals surface area contributed by atoms with E-state index in [1.54, 1.807) is 42.5 Å². The van der Waals surface area contributed by atoms with Crippen molar-refractivity contribution in [3.05, 3.63) is 49.1 Å². The van der Waals surface area contributed by atoms with Gasteiger partial charge in [0.2, 0.25) is 17.6 Å². The fourth-order valence-electron chi connectivity index (χ4n) is 3.58. The second-order valence-corrected chi connectivity index (χ2v) is 7.48. The summed E-state index contributed by atoms with van der Waals surface area (Å²) in [7, 11) is 4.50. The SMILES string of the molecule is C=CCNC(=O)Nc1ccc(NC(=O)C2CC(=O)N(c3cc(OC)c(OC)c(OC)c3)C2)cc1. The fraction of sp³-hybridized carbons (Fsp3) is 0.292. The third kappa shape index (κ3) is 5.58. The fourth-order valence-corrected chi connectivity index (χ4v) is 3.58. The Labute approximate surface area is 197 Å². The lowest BCUT2D eigenvalue weighted by molar-refractivity contribution is -0.122. The molecule has 1 aliphatic rings. The first-order valence-electron chi connectivity index (χ1n) is 10.6. The van der Waals surface area contributed by atoms with Gasteiger partial charge in [-0.3, -0.25) is 9.59 Å². The number of carbonyl (C=O) groups is 3. The van der Waals surface area contributed by atoms with E-state index in [0.29, 0.717) is 40.9 Å². The van der Waals surface area contributed by atoms with Crippen molar-refractivity contribution in [1.29, 1.82) is 0 Å². The van der Waals surface area contributed by atoms with E-state index in [-0.39, 0.29) is 30.8 Å². The molecule has 0 aliphatic carbocycles. The lowest BCUT2D eigenvalue weighted by Gasteiger charge is -2.20. The molecule has 1 atom stereocenters. The van der Waals surface area contributed by atoms with Crippen molar-refractivity contribution in [3.8, 4) is 17.2 Å². The van der Waals surface area contributed by atoms with Crippen LogP contribution in [0.3, 0.4) is 0 Å². The standard InChI is InChI=1S/C24H28N4O6/c1-5-10-25-24(31)27-17-8-6-16(7-9-17)26-23(30)15-11-21(29)28(14-15)18-12-19(32-2)22(34-4)20(13-18)33-3/h5-9,12-13,15H,1,10-11,14H2,2-4H3,(H,26,30)(H2,25,27,31). The minimum Gasteiger partial charge on any atom is -0.493 e. The Balaban J connectivity index is 1.65. The van der Waals surface area contributed by atoms with E-state index in [9.17, 15) is 14.4 Å². The number of anilines is 3. The molecule has 3 N–H and O–H groups in total. The Hall–Kier alpha value is -4.21. The number of carbonyl (C=O) groups excluding carboxylic acids is 3. The predicted molar refractivity (Wildman–Crippen MR) is 129 cm³/mol. The molecule has 180 valence electrons. The van der Waals surface area contributed by atoms with Crippen molar-refractivity contribution in [3.63, 3.8) is 0 Å². The van der Waals surface area contributed by atoms with Crippen LogP contribution in [0, 0.1) is 5.92 Å². The van der Waals surface area contributed by atoms with Gasteiger partial charge in [-0.25, -0.2) is 4.79 Å². The summed E-state index contributed by atoms with van der Waals surface area (Å²) in [6, 6.07) is 9.69. The first-order valence-corrected chi connectivity index (χ1v) is 10.6. The minimum atomic E-state index is -0.533. The summed E-state index contributed by atoms with van der Waals surface area (Å²) >= 11 is 0. The number of benzene rings is 2. The maximum Gasteiger partial charge on any atom is 0.319 e. The van der Waals surface area contributed by atoms with Crippen molar-refractivity contribution in [1.82, 2.24) is 5.32 Å². The van der Waals surface area contributed by atoms with Crippen LogP contribution < -0.4 is 35.1 Å². The average molecular weight is 469 g/mol. The molecule has 0 aromatic heterocycles. The smallest absolute Gasteiger partial charge is 0.319 e. The van der Waals surface area contributed by atoms with Gasteiger partial charge in [0, 0.05) is 43.0 Å². The van der Waals surface area contributed by atoms with E-state index in [0.717, 1.165) is 0 Å². The molecule has 34 heavy (non-hydrogen) atoms. The van der Waals surface area contributed by atoms with Gasteiger partial charge in [-0.15, -0.1) is 6.58 Å². The Morgan fingerprint density at radius 3 is 2.15 bits per heavy atom. The highest BCUT2D eigenvalue weighted by Gasteiger charge is 2.36. The molecular formula is C24H28N4O6. The maximum absolute atomic E-state index is 12.8. The lowest BCUT2D eigenvalue weighted by atomic mass is 10.1. The summed E-state index contributed by atoms with van der Waals surface area (Å²) in [6.07, 6.45) is 1.65. The molecule has 1 saturated heterocycles. The van der Waals surface area contributed by atoms with E-state index in [4.69, 9.17) is 14.2 Å². The molecule has 4 amide bonds. The number of hydrogen-bond acceptors (Lipinski definition) is 6. The quantitative estimate of drug-likeness (QED) is 0.487. The molecule has 0 radical (unpaired) electrons. The summed E-state index contributed by atoms with van der Waals surface area (Å²) < 4.78 is 16.1.